The first kappa shape index (κ1) is 13.0. The summed E-state index contributed by atoms with van der Waals surface area (Å²) in [7, 11) is 4.98. The second-order valence-electron chi connectivity index (χ2n) is 3.44. The van der Waals surface area contributed by atoms with Gasteiger partial charge in [-0.05, 0) is 12.1 Å². The fourth-order valence-corrected chi connectivity index (χ4v) is 2.79. The second kappa shape index (κ2) is 5.46. The van der Waals surface area contributed by atoms with Crippen LogP contribution >= 0.6 is 22.9 Å². The third-order valence-electron chi connectivity index (χ3n) is 2.47. The van der Waals surface area contributed by atoms with E-state index in [-0.39, 0.29) is 0 Å². The summed E-state index contributed by atoms with van der Waals surface area (Å²) in [6, 6.07) is 3.73. The van der Waals surface area contributed by atoms with Gasteiger partial charge in [-0.25, -0.2) is 4.98 Å². The molecule has 0 aliphatic rings. The lowest BCUT2D eigenvalue weighted by atomic mass is 10.2. The topological polar surface area (TPSA) is 43.4 Å². The number of hydrogen-bond acceptors (Lipinski definition) is 5. The van der Waals surface area contributed by atoms with Gasteiger partial charge in [0.2, 0.25) is 0 Å². The van der Waals surface area contributed by atoms with E-state index in [1.807, 2.05) is 19.2 Å². The largest absolute Gasteiger partial charge is 0.493 e. The minimum atomic E-state index is 0.531. The summed E-state index contributed by atoms with van der Waals surface area (Å²) in [6.07, 6.45) is 1.78. The van der Waals surface area contributed by atoms with Crippen LogP contribution in [-0.4, -0.2) is 26.3 Å². The van der Waals surface area contributed by atoms with Gasteiger partial charge in [0.1, 0.15) is 0 Å². The number of rotatable bonds is 4. The van der Waals surface area contributed by atoms with Gasteiger partial charge in [-0.2, -0.15) is 0 Å². The molecule has 1 aromatic carbocycles. The number of methoxy groups -OCH3 is 2. The average molecular weight is 285 g/mol. The minimum absolute atomic E-state index is 0.531. The molecule has 0 saturated heterocycles. The maximum atomic E-state index is 6.33. The Hall–Kier alpha value is -1.46. The highest BCUT2D eigenvalue weighted by atomic mass is 35.5. The maximum Gasteiger partial charge on any atom is 0.182 e. The predicted molar refractivity (Wildman–Crippen MR) is 75.2 cm³/mol. The Kier molecular flexibility index (Phi) is 3.93. The molecule has 2 rings (SSSR count). The first-order chi connectivity index (χ1) is 8.71. The number of aromatic nitrogens is 1. The van der Waals surface area contributed by atoms with E-state index in [1.54, 1.807) is 20.4 Å². The van der Waals surface area contributed by atoms with Gasteiger partial charge in [-0.1, -0.05) is 22.9 Å². The normalized spacial score (nSPS) is 10.2. The van der Waals surface area contributed by atoms with Gasteiger partial charge in [-0.15, -0.1) is 0 Å². The van der Waals surface area contributed by atoms with Crippen molar-refractivity contribution in [2.24, 2.45) is 0 Å². The van der Waals surface area contributed by atoms with Crippen molar-refractivity contribution in [3.63, 3.8) is 0 Å². The predicted octanol–water partition coefficient (Wildman–Crippen LogP) is 3.52. The van der Waals surface area contributed by atoms with E-state index >= 15 is 0 Å². The Morgan fingerprint density at radius 2 is 2.06 bits per heavy atom. The summed E-state index contributed by atoms with van der Waals surface area (Å²) in [6.45, 7) is 0. The summed E-state index contributed by atoms with van der Waals surface area (Å²) >= 11 is 7.86. The standard InChI is InChI=1S/C12H13ClN2O2S/c1-14-12-15-6-9(18-12)7-4-5-8(16-2)11(17-3)10(7)13/h4-6H,1-3H3,(H,14,15). The molecule has 0 bridgehead atoms. The van der Waals surface area contributed by atoms with Gasteiger partial charge in [0.25, 0.3) is 0 Å². The monoisotopic (exact) mass is 284 g/mol. The molecule has 0 aliphatic carbocycles. The van der Waals surface area contributed by atoms with E-state index in [0.29, 0.717) is 16.5 Å². The molecular formula is C12H13ClN2O2S. The van der Waals surface area contributed by atoms with E-state index in [9.17, 15) is 0 Å². The molecular weight excluding hydrogens is 272 g/mol. The molecule has 6 heteroatoms. The van der Waals surface area contributed by atoms with Crippen molar-refractivity contribution in [1.82, 2.24) is 4.98 Å². The van der Waals surface area contributed by atoms with E-state index < -0.39 is 0 Å². The first-order valence-corrected chi connectivity index (χ1v) is 6.45. The number of hydrogen-bond donors (Lipinski definition) is 1. The molecule has 0 amide bonds. The lowest BCUT2D eigenvalue weighted by Gasteiger charge is -2.11. The zero-order chi connectivity index (χ0) is 13.1. The van der Waals surface area contributed by atoms with Crippen molar-refractivity contribution in [3.8, 4) is 21.9 Å². The van der Waals surface area contributed by atoms with Crippen LogP contribution < -0.4 is 14.8 Å². The molecule has 0 fully saturated rings. The van der Waals surface area contributed by atoms with Gasteiger partial charge < -0.3 is 14.8 Å². The van der Waals surface area contributed by atoms with Crippen molar-refractivity contribution in [2.75, 3.05) is 26.6 Å². The zero-order valence-corrected chi connectivity index (χ0v) is 11.9. The van der Waals surface area contributed by atoms with E-state index in [2.05, 4.69) is 10.3 Å². The number of benzene rings is 1. The van der Waals surface area contributed by atoms with Crippen molar-refractivity contribution < 1.29 is 9.47 Å². The van der Waals surface area contributed by atoms with Crippen LogP contribution in [0.15, 0.2) is 18.3 Å². The van der Waals surface area contributed by atoms with Crippen LogP contribution in [0, 0.1) is 0 Å². The number of nitrogens with zero attached hydrogens (tertiary/aromatic N) is 1. The molecule has 1 heterocycles. The summed E-state index contributed by atoms with van der Waals surface area (Å²) in [5.74, 6) is 1.15. The van der Waals surface area contributed by atoms with E-state index in [1.165, 1.54) is 11.3 Å². The molecule has 0 spiro atoms. The van der Waals surface area contributed by atoms with Gasteiger partial charge in [0, 0.05) is 18.8 Å². The first-order valence-electron chi connectivity index (χ1n) is 5.25. The molecule has 18 heavy (non-hydrogen) atoms. The Morgan fingerprint density at radius 1 is 1.28 bits per heavy atom. The van der Waals surface area contributed by atoms with Gasteiger partial charge in [-0.3, -0.25) is 0 Å². The van der Waals surface area contributed by atoms with E-state index in [0.717, 1.165) is 15.6 Å². The van der Waals surface area contributed by atoms with Crippen LogP contribution in [0.25, 0.3) is 10.4 Å². The molecule has 1 aromatic heterocycles. The molecule has 4 nitrogen and oxygen atoms in total. The number of thiazole rings is 1. The van der Waals surface area contributed by atoms with Crippen LogP contribution in [-0.2, 0) is 0 Å². The molecule has 96 valence electrons. The fraction of sp³-hybridized carbons (Fsp3) is 0.250. The Morgan fingerprint density at radius 3 is 2.61 bits per heavy atom. The number of halogens is 1. The minimum Gasteiger partial charge on any atom is -0.493 e. The van der Waals surface area contributed by atoms with Crippen LogP contribution in [0.1, 0.15) is 0 Å². The Balaban J connectivity index is 2.51. The van der Waals surface area contributed by atoms with Crippen LogP contribution in [0.2, 0.25) is 5.02 Å². The Labute approximate surface area is 115 Å². The zero-order valence-electron chi connectivity index (χ0n) is 10.3. The maximum absolute atomic E-state index is 6.33. The lowest BCUT2D eigenvalue weighted by Crippen LogP contribution is -1.92. The molecule has 0 aliphatic heterocycles. The molecule has 0 unspecified atom stereocenters. The average Bonchev–Trinajstić information content (AvgIpc) is 2.86. The quantitative estimate of drug-likeness (QED) is 0.933. The highest BCUT2D eigenvalue weighted by Gasteiger charge is 2.15. The van der Waals surface area contributed by atoms with E-state index in [4.69, 9.17) is 21.1 Å². The van der Waals surface area contributed by atoms with Crippen LogP contribution in [0.4, 0.5) is 5.13 Å². The highest BCUT2D eigenvalue weighted by Crippen LogP contribution is 2.43. The third kappa shape index (κ3) is 2.23. The van der Waals surface area contributed by atoms with Gasteiger partial charge in [0.15, 0.2) is 16.6 Å². The molecule has 0 atom stereocenters. The third-order valence-corrected chi connectivity index (χ3v) is 3.89. The van der Waals surface area contributed by atoms with Crippen molar-refractivity contribution in [2.45, 2.75) is 0 Å². The van der Waals surface area contributed by atoms with Gasteiger partial charge >= 0.3 is 0 Å². The summed E-state index contributed by atoms with van der Waals surface area (Å²) in [4.78, 5) is 5.20. The summed E-state index contributed by atoms with van der Waals surface area (Å²) in [5, 5.41) is 4.37. The fourth-order valence-electron chi connectivity index (χ4n) is 1.59. The van der Waals surface area contributed by atoms with Crippen LogP contribution in [0.3, 0.4) is 0 Å². The molecule has 2 aromatic rings. The molecule has 0 saturated carbocycles. The number of ether oxygens (including phenoxy) is 2. The molecule has 0 radical (unpaired) electrons. The smallest absolute Gasteiger partial charge is 0.182 e. The number of anilines is 1. The van der Waals surface area contributed by atoms with Crippen LogP contribution in [0.5, 0.6) is 11.5 Å². The van der Waals surface area contributed by atoms with Crippen molar-refractivity contribution in [3.05, 3.63) is 23.4 Å². The van der Waals surface area contributed by atoms with Crippen molar-refractivity contribution >= 4 is 28.1 Å². The Bertz CT molecular complexity index is 557. The van der Waals surface area contributed by atoms with Gasteiger partial charge in [0.05, 0.1) is 24.1 Å². The second-order valence-corrected chi connectivity index (χ2v) is 4.85. The summed E-state index contributed by atoms with van der Waals surface area (Å²) in [5.41, 5.74) is 0.883. The lowest BCUT2D eigenvalue weighted by molar-refractivity contribution is 0.355. The summed E-state index contributed by atoms with van der Waals surface area (Å²) < 4.78 is 10.5. The molecule has 1 N–H and O–H groups in total. The van der Waals surface area contributed by atoms with Crippen molar-refractivity contribution in [1.29, 1.82) is 0 Å². The number of nitrogens with one attached hydrogen (secondary N) is 1. The SMILES string of the molecule is CNc1ncc(-c2ccc(OC)c(OC)c2Cl)s1. The highest BCUT2D eigenvalue weighted by molar-refractivity contribution is 7.18.